The second-order valence-corrected chi connectivity index (χ2v) is 8.81. The van der Waals surface area contributed by atoms with E-state index in [1.165, 1.54) is 0 Å². The van der Waals surface area contributed by atoms with E-state index in [1.807, 2.05) is 0 Å². The maximum absolute atomic E-state index is 11.4. The lowest BCUT2D eigenvalue weighted by molar-refractivity contribution is -0.421. The first-order valence-corrected chi connectivity index (χ1v) is 10.5. The van der Waals surface area contributed by atoms with Crippen molar-refractivity contribution in [2.75, 3.05) is 13.2 Å². The summed E-state index contributed by atoms with van der Waals surface area (Å²) in [4.78, 5) is 0. The summed E-state index contributed by atoms with van der Waals surface area (Å²) in [5.74, 6) is 0. The minimum absolute atomic E-state index is 0.819. The molecule has 3 heterocycles. The summed E-state index contributed by atoms with van der Waals surface area (Å²) in [7, 11) is 0. The first kappa shape index (κ1) is 27.9. The average Bonchev–Trinajstić information content (AvgIpc) is 2.81. The molecule has 0 amide bonds. The monoisotopic (exact) mass is 504 g/mol. The molecule has 3 aliphatic heterocycles. The summed E-state index contributed by atoms with van der Waals surface area (Å²) in [6.45, 7) is -0.993. The van der Waals surface area contributed by atoms with E-state index in [-0.39, 0.29) is 0 Å². The van der Waals surface area contributed by atoms with Crippen molar-refractivity contribution in [3.05, 3.63) is 0 Å². The van der Waals surface area contributed by atoms with Gasteiger partial charge in [-0.25, -0.2) is 0 Å². The van der Waals surface area contributed by atoms with Crippen molar-refractivity contribution >= 4 is 0 Å². The third-order valence-electron chi connectivity index (χ3n) is 6.83. The molecule has 12 N–H and O–H groups in total. The fourth-order valence-corrected chi connectivity index (χ4v) is 4.65. The van der Waals surface area contributed by atoms with Gasteiger partial charge in [0.25, 0.3) is 0 Å². The van der Waals surface area contributed by atoms with Crippen LogP contribution in [0.2, 0.25) is 0 Å². The molecule has 0 radical (unpaired) electrons. The van der Waals surface area contributed by atoms with Crippen LogP contribution in [0.5, 0.6) is 0 Å². The van der Waals surface area contributed by atoms with Crippen LogP contribution in [-0.4, -0.2) is 166 Å². The van der Waals surface area contributed by atoms with Gasteiger partial charge in [-0.3, -0.25) is 0 Å². The molecular formula is C18H32O16. The first-order chi connectivity index (χ1) is 15.8. The topological polar surface area (TPSA) is 280 Å². The summed E-state index contributed by atoms with van der Waals surface area (Å²) in [6, 6.07) is 0. The summed E-state index contributed by atoms with van der Waals surface area (Å²) < 4.78 is 20.8. The lowest BCUT2D eigenvalue weighted by Crippen LogP contribution is -2.82. The smallest absolute Gasteiger partial charge is 0.187 e. The zero-order chi connectivity index (χ0) is 25.7. The van der Waals surface area contributed by atoms with Gasteiger partial charge in [-0.05, 0) is 6.92 Å². The predicted molar refractivity (Wildman–Crippen MR) is 101 cm³/mol. The molecule has 3 rings (SSSR count). The Morgan fingerprint density at radius 2 is 1.29 bits per heavy atom. The Hall–Kier alpha value is -0.640. The number of aliphatic hydroxyl groups is 12. The highest BCUT2D eigenvalue weighted by Gasteiger charge is 2.70. The minimum Gasteiger partial charge on any atom is -0.394 e. The van der Waals surface area contributed by atoms with E-state index in [1.54, 1.807) is 0 Å². The van der Waals surface area contributed by atoms with Gasteiger partial charge in [-0.1, -0.05) is 0 Å². The van der Waals surface area contributed by atoms with Crippen LogP contribution in [0.3, 0.4) is 0 Å². The highest BCUT2D eigenvalue weighted by Crippen LogP contribution is 2.46. The van der Waals surface area contributed by atoms with Gasteiger partial charge in [0.15, 0.2) is 24.5 Å². The van der Waals surface area contributed by atoms with Crippen LogP contribution in [0.25, 0.3) is 0 Å². The van der Waals surface area contributed by atoms with E-state index in [0.717, 1.165) is 6.92 Å². The van der Waals surface area contributed by atoms with Crippen molar-refractivity contribution in [2.24, 2.45) is 0 Å². The summed E-state index contributed by atoms with van der Waals surface area (Å²) in [5, 5.41) is 122. The molecule has 16 nitrogen and oxygen atoms in total. The van der Waals surface area contributed by atoms with Crippen molar-refractivity contribution in [1.29, 1.82) is 0 Å². The predicted octanol–water partition coefficient (Wildman–Crippen LogP) is -7.84. The Labute approximate surface area is 192 Å². The molecule has 3 saturated heterocycles. The quantitative estimate of drug-likeness (QED) is 0.165. The van der Waals surface area contributed by atoms with Crippen LogP contribution in [0, 0.1) is 0 Å². The summed E-state index contributed by atoms with van der Waals surface area (Å²) >= 11 is 0. The van der Waals surface area contributed by atoms with Crippen molar-refractivity contribution in [3.63, 3.8) is 0 Å². The molecule has 16 heteroatoms. The molecule has 0 bridgehead atoms. The van der Waals surface area contributed by atoms with Gasteiger partial charge >= 0.3 is 0 Å². The largest absolute Gasteiger partial charge is 0.394 e. The Balaban J connectivity index is 1.90. The van der Waals surface area contributed by atoms with Gasteiger partial charge < -0.3 is 80.2 Å². The van der Waals surface area contributed by atoms with Gasteiger partial charge in [0, 0.05) is 0 Å². The Bertz CT molecular complexity index is 693. The molecule has 3 aliphatic rings. The number of aliphatic hydroxyl groups excluding tert-OH is 11. The van der Waals surface area contributed by atoms with Crippen molar-refractivity contribution in [1.82, 2.24) is 0 Å². The lowest BCUT2D eigenvalue weighted by Gasteiger charge is -2.59. The third kappa shape index (κ3) is 4.16. The zero-order valence-corrected chi connectivity index (χ0v) is 17.9. The van der Waals surface area contributed by atoms with E-state index < -0.39 is 104 Å². The highest BCUT2D eigenvalue weighted by atomic mass is 16.7. The molecule has 3 fully saturated rings. The molecule has 15 atom stereocenters. The second-order valence-electron chi connectivity index (χ2n) is 8.81. The standard InChI is InChI=1S/C18H32O16/c1-17(12(26)7(22)9(24)15(29)34-17)18(30)5(3-20)32-16(10(25)13(18)27)33-11-4(2-19)31-14(28)8(23)6(11)21/h4-16,19-30H,2-3H2,1H3/t4-,5-,6-,7+,8?,9+,10-,11-,12+,13-,14?,15?,16+,17+,18-/m1/s1. The number of hydrogen-bond acceptors (Lipinski definition) is 16. The number of hydrogen-bond donors (Lipinski definition) is 12. The van der Waals surface area contributed by atoms with Gasteiger partial charge in [0.1, 0.15) is 66.6 Å². The van der Waals surface area contributed by atoms with Crippen molar-refractivity contribution < 1.29 is 80.2 Å². The van der Waals surface area contributed by atoms with Crippen molar-refractivity contribution in [3.8, 4) is 0 Å². The van der Waals surface area contributed by atoms with Gasteiger partial charge in [0.2, 0.25) is 0 Å². The van der Waals surface area contributed by atoms with Gasteiger partial charge in [-0.15, -0.1) is 0 Å². The van der Waals surface area contributed by atoms with Crippen LogP contribution < -0.4 is 0 Å². The Morgan fingerprint density at radius 1 is 0.706 bits per heavy atom. The average molecular weight is 504 g/mol. The Kier molecular flexibility index (Phi) is 8.23. The fourth-order valence-electron chi connectivity index (χ4n) is 4.65. The lowest BCUT2D eigenvalue weighted by atomic mass is 9.67. The molecule has 34 heavy (non-hydrogen) atoms. The van der Waals surface area contributed by atoms with E-state index in [4.69, 9.17) is 18.9 Å². The molecular weight excluding hydrogens is 472 g/mol. The van der Waals surface area contributed by atoms with Crippen LogP contribution >= 0.6 is 0 Å². The minimum atomic E-state index is -2.93. The van der Waals surface area contributed by atoms with E-state index >= 15 is 0 Å². The molecule has 0 saturated carbocycles. The second kappa shape index (κ2) is 10.0. The maximum atomic E-state index is 11.4. The molecule has 0 aromatic rings. The molecule has 0 spiro atoms. The number of rotatable bonds is 5. The SMILES string of the molecule is C[C@]1([C@]2(O)[C@H](O)[C@@H](O)[C@H](O[C@H]3[C@H](O)C(O)C(O)O[C@@H]3CO)O[C@@H]2CO)OC(O)[C@@H](O)[C@H](O)[C@@H]1O. The number of ether oxygens (including phenoxy) is 4. The molecule has 3 unspecified atom stereocenters. The van der Waals surface area contributed by atoms with Crippen LogP contribution in [0.15, 0.2) is 0 Å². The van der Waals surface area contributed by atoms with Crippen LogP contribution in [0.1, 0.15) is 6.92 Å². The molecule has 0 aromatic carbocycles. The van der Waals surface area contributed by atoms with Crippen molar-refractivity contribution in [2.45, 2.75) is 98.0 Å². The Morgan fingerprint density at radius 3 is 1.85 bits per heavy atom. The van der Waals surface area contributed by atoms with E-state index in [9.17, 15) is 61.3 Å². The highest BCUT2D eigenvalue weighted by molar-refractivity contribution is 5.18. The van der Waals surface area contributed by atoms with Gasteiger partial charge in [-0.2, -0.15) is 0 Å². The zero-order valence-electron chi connectivity index (χ0n) is 17.9. The maximum Gasteiger partial charge on any atom is 0.187 e. The van der Waals surface area contributed by atoms with E-state index in [2.05, 4.69) is 0 Å². The third-order valence-corrected chi connectivity index (χ3v) is 6.83. The molecule has 200 valence electrons. The fraction of sp³-hybridized carbons (Fsp3) is 1.00. The van der Waals surface area contributed by atoms with Crippen LogP contribution in [0.4, 0.5) is 0 Å². The van der Waals surface area contributed by atoms with Gasteiger partial charge in [0.05, 0.1) is 13.2 Å². The summed E-state index contributed by atoms with van der Waals surface area (Å²) in [6.07, 6.45) is -25.5. The first-order valence-electron chi connectivity index (χ1n) is 10.5. The molecule has 0 aliphatic carbocycles. The molecule has 0 aromatic heterocycles. The van der Waals surface area contributed by atoms with Crippen LogP contribution in [-0.2, 0) is 18.9 Å². The normalized spacial score (nSPS) is 56.9. The van der Waals surface area contributed by atoms with E-state index in [0.29, 0.717) is 0 Å². The summed E-state index contributed by atoms with van der Waals surface area (Å²) in [5.41, 5.74) is -5.47.